The molecule has 9 heteroatoms. The van der Waals surface area contributed by atoms with E-state index >= 15 is 0 Å². The van der Waals surface area contributed by atoms with Gasteiger partial charge < -0.3 is 25.2 Å². The van der Waals surface area contributed by atoms with Gasteiger partial charge in [0.2, 0.25) is 0 Å². The zero-order valence-electron chi connectivity index (χ0n) is 21.1. The Kier molecular flexibility index (Phi) is 8.89. The summed E-state index contributed by atoms with van der Waals surface area (Å²) < 4.78 is 46.0. The highest BCUT2D eigenvalue weighted by atomic mass is 19.2. The number of aromatic nitrogens is 1. The van der Waals surface area contributed by atoms with E-state index in [1.807, 2.05) is 18.2 Å². The highest BCUT2D eigenvalue weighted by molar-refractivity contribution is 5.84. The third-order valence-electron chi connectivity index (χ3n) is 7.57. The molecular weight excluding hydrogens is 483 g/mol. The van der Waals surface area contributed by atoms with E-state index in [1.54, 1.807) is 13.3 Å². The SMILES string of the molecule is COc1ccc2ncc(CO)c(CCCC3(CO)CCN(CCNc4cc(F)cc(F)c4F)CC3)c2c1. The molecule has 0 aliphatic carbocycles. The number of fused-ring (bicyclic) bond motifs is 1. The van der Waals surface area contributed by atoms with Gasteiger partial charge >= 0.3 is 0 Å². The topological polar surface area (TPSA) is 77.8 Å². The van der Waals surface area contributed by atoms with Crippen molar-refractivity contribution in [1.29, 1.82) is 0 Å². The molecule has 2 aromatic carbocycles. The zero-order chi connectivity index (χ0) is 26.4. The van der Waals surface area contributed by atoms with E-state index in [0.717, 1.165) is 79.0 Å². The van der Waals surface area contributed by atoms with Crippen LogP contribution in [0.3, 0.4) is 0 Å². The van der Waals surface area contributed by atoms with Gasteiger partial charge in [0.25, 0.3) is 0 Å². The van der Waals surface area contributed by atoms with Crippen LogP contribution in [0.4, 0.5) is 18.9 Å². The molecule has 0 bridgehead atoms. The predicted octanol–water partition coefficient (Wildman–Crippen LogP) is 4.66. The maximum atomic E-state index is 13.8. The highest BCUT2D eigenvalue weighted by Crippen LogP contribution is 2.37. The number of likely N-dealkylation sites (tertiary alicyclic amines) is 1. The molecule has 2 heterocycles. The first-order valence-corrected chi connectivity index (χ1v) is 12.6. The largest absolute Gasteiger partial charge is 0.497 e. The summed E-state index contributed by atoms with van der Waals surface area (Å²) in [5.41, 5.74) is 2.36. The third kappa shape index (κ3) is 6.34. The first kappa shape index (κ1) is 27.2. The number of rotatable bonds is 11. The molecular formula is C28H34F3N3O3. The Labute approximate surface area is 215 Å². The van der Waals surface area contributed by atoms with E-state index in [0.29, 0.717) is 19.2 Å². The Balaban J connectivity index is 1.31. The number of halogens is 3. The number of benzene rings is 2. The maximum absolute atomic E-state index is 13.8. The molecule has 1 aromatic heterocycles. The Hall–Kier alpha value is -2.88. The van der Waals surface area contributed by atoms with E-state index in [9.17, 15) is 23.4 Å². The van der Waals surface area contributed by atoms with Crippen LogP contribution >= 0.6 is 0 Å². The van der Waals surface area contributed by atoms with Crippen molar-refractivity contribution in [3.05, 3.63) is 65.1 Å². The first-order valence-electron chi connectivity index (χ1n) is 12.6. The van der Waals surface area contributed by atoms with Crippen molar-refractivity contribution in [1.82, 2.24) is 9.88 Å². The quantitative estimate of drug-likeness (QED) is 0.321. The number of nitrogens with one attached hydrogen (secondary N) is 1. The molecule has 37 heavy (non-hydrogen) atoms. The van der Waals surface area contributed by atoms with Crippen LogP contribution in [0.2, 0.25) is 0 Å². The van der Waals surface area contributed by atoms with Gasteiger partial charge in [-0.25, -0.2) is 13.2 Å². The van der Waals surface area contributed by atoms with Gasteiger partial charge in [-0.3, -0.25) is 4.98 Å². The number of methoxy groups -OCH3 is 1. The number of ether oxygens (including phenoxy) is 1. The molecule has 1 fully saturated rings. The molecule has 1 aliphatic rings. The normalized spacial score (nSPS) is 15.7. The number of hydrogen-bond donors (Lipinski definition) is 3. The van der Waals surface area contributed by atoms with E-state index in [-0.39, 0.29) is 24.3 Å². The molecule has 4 rings (SSSR count). The monoisotopic (exact) mass is 517 g/mol. The van der Waals surface area contributed by atoms with E-state index in [2.05, 4.69) is 15.2 Å². The number of anilines is 1. The van der Waals surface area contributed by atoms with Gasteiger partial charge in [0.1, 0.15) is 11.6 Å². The molecule has 3 aromatic rings. The number of hydrogen-bond acceptors (Lipinski definition) is 6. The summed E-state index contributed by atoms with van der Waals surface area (Å²) in [7, 11) is 1.62. The van der Waals surface area contributed by atoms with Crippen molar-refractivity contribution in [2.45, 2.75) is 38.7 Å². The second kappa shape index (κ2) is 12.1. The van der Waals surface area contributed by atoms with Crippen LogP contribution in [0.25, 0.3) is 10.9 Å². The molecule has 1 aliphatic heterocycles. The van der Waals surface area contributed by atoms with Gasteiger partial charge in [-0.15, -0.1) is 0 Å². The summed E-state index contributed by atoms with van der Waals surface area (Å²) in [4.78, 5) is 6.67. The van der Waals surface area contributed by atoms with Crippen LogP contribution in [-0.2, 0) is 13.0 Å². The van der Waals surface area contributed by atoms with Gasteiger partial charge in [0.05, 0.1) is 24.9 Å². The molecule has 0 radical (unpaired) electrons. The average molecular weight is 518 g/mol. The molecule has 0 unspecified atom stereocenters. The summed E-state index contributed by atoms with van der Waals surface area (Å²) in [5, 5.41) is 23.9. The van der Waals surface area contributed by atoms with E-state index < -0.39 is 17.5 Å². The standard InChI is InChI=1S/C28H34F3N3O3/c1-37-21-4-5-25-23(15-21)22(19(17-35)16-33-25)3-2-6-28(18-36)7-10-34(11-8-28)12-9-32-26-14-20(29)13-24(30)27(26)31/h4-5,13-16,32,35-36H,2-3,6-12,17-18H2,1H3. The minimum atomic E-state index is -1.21. The lowest BCUT2D eigenvalue weighted by Gasteiger charge is -2.41. The summed E-state index contributed by atoms with van der Waals surface area (Å²) in [6, 6.07) is 7.22. The summed E-state index contributed by atoms with van der Waals surface area (Å²) in [6.07, 6.45) is 5.84. The van der Waals surface area contributed by atoms with E-state index in [1.165, 1.54) is 0 Å². The van der Waals surface area contributed by atoms with Crippen molar-refractivity contribution in [2.24, 2.45) is 5.41 Å². The average Bonchev–Trinajstić information content (AvgIpc) is 2.92. The Bertz CT molecular complexity index is 1210. The van der Waals surface area contributed by atoms with Crippen molar-refractivity contribution < 1.29 is 28.1 Å². The third-order valence-corrected chi connectivity index (χ3v) is 7.57. The lowest BCUT2D eigenvalue weighted by molar-refractivity contribution is 0.0370. The minimum absolute atomic E-state index is 0.0875. The number of aryl methyl sites for hydroxylation is 1. The number of aliphatic hydroxyl groups excluding tert-OH is 2. The summed E-state index contributed by atoms with van der Waals surface area (Å²) in [5.74, 6) is -2.37. The van der Waals surface area contributed by atoms with Crippen LogP contribution in [0.5, 0.6) is 5.75 Å². The summed E-state index contributed by atoms with van der Waals surface area (Å²) >= 11 is 0. The van der Waals surface area contributed by atoms with Crippen LogP contribution in [0.1, 0.15) is 36.8 Å². The van der Waals surface area contributed by atoms with Gasteiger partial charge in [0, 0.05) is 43.4 Å². The molecule has 0 spiro atoms. The molecule has 6 nitrogen and oxygen atoms in total. The van der Waals surface area contributed by atoms with Crippen molar-refractivity contribution >= 4 is 16.6 Å². The molecule has 0 saturated carbocycles. The lowest BCUT2D eigenvalue weighted by atomic mass is 9.75. The highest BCUT2D eigenvalue weighted by Gasteiger charge is 2.33. The number of pyridine rings is 1. The van der Waals surface area contributed by atoms with Gasteiger partial charge in [-0.2, -0.15) is 0 Å². The van der Waals surface area contributed by atoms with Crippen molar-refractivity contribution in [3.8, 4) is 5.75 Å². The number of aliphatic hydroxyl groups is 2. The minimum Gasteiger partial charge on any atom is -0.497 e. The number of nitrogens with zero attached hydrogens (tertiary/aromatic N) is 2. The zero-order valence-corrected chi connectivity index (χ0v) is 21.1. The van der Waals surface area contributed by atoms with Crippen LogP contribution in [0, 0.1) is 22.9 Å². The fourth-order valence-electron chi connectivity index (χ4n) is 5.24. The number of piperidine rings is 1. The van der Waals surface area contributed by atoms with E-state index in [4.69, 9.17) is 4.74 Å². The van der Waals surface area contributed by atoms with Crippen molar-refractivity contribution in [2.75, 3.05) is 45.2 Å². The Morgan fingerprint density at radius 1 is 1.11 bits per heavy atom. The maximum Gasteiger partial charge on any atom is 0.182 e. The Morgan fingerprint density at radius 3 is 2.59 bits per heavy atom. The second-order valence-corrected chi connectivity index (χ2v) is 9.83. The second-order valence-electron chi connectivity index (χ2n) is 9.83. The fraction of sp³-hybridized carbons (Fsp3) is 0.464. The van der Waals surface area contributed by atoms with Gasteiger partial charge in [-0.05, 0) is 79.9 Å². The molecule has 1 saturated heterocycles. The molecule has 0 amide bonds. The Morgan fingerprint density at radius 2 is 1.89 bits per heavy atom. The van der Waals surface area contributed by atoms with Crippen LogP contribution in [-0.4, -0.2) is 60.0 Å². The van der Waals surface area contributed by atoms with Gasteiger partial charge in [-0.1, -0.05) is 0 Å². The van der Waals surface area contributed by atoms with Crippen molar-refractivity contribution in [3.63, 3.8) is 0 Å². The smallest absolute Gasteiger partial charge is 0.182 e. The van der Waals surface area contributed by atoms with Crippen LogP contribution in [0.15, 0.2) is 36.5 Å². The molecule has 3 N–H and O–H groups in total. The lowest BCUT2D eigenvalue weighted by Crippen LogP contribution is -2.43. The van der Waals surface area contributed by atoms with Gasteiger partial charge in [0.15, 0.2) is 11.6 Å². The molecule has 200 valence electrons. The molecule has 0 atom stereocenters. The van der Waals surface area contributed by atoms with Crippen LogP contribution < -0.4 is 10.1 Å². The summed E-state index contributed by atoms with van der Waals surface area (Å²) in [6.45, 7) is 2.53. The first-order chi connectivity index (χ1) is 17.9. The fourth-order valence-corrected chi connectivity index (χ4v) is 5.24. The predicted molar refractivity (Wildman–Crippen MR) is 137 cm³/mol.